The third kappa shape index (κ3) is 4.00. The molecule has 0 heterocycles. The van der Waals surface area contributed by atoms with Crippen LogP contribution in [0.25, 0.3) is 0 Å². The Labute approximate surface area is 107 Å². The largest absolute Gasteiger partial charge is 0.299 e. The fourth-order valence-electron chi connectivity index (χ4n) is 3.08. The van der Waals surface area contributed by atoms with Gasteiger partial charge in [-0.3, -0.25) is 4.90 Å². The first-order valence-electron chi connectivity index (χ1n) is 7.40. The van der Waals surface area contributed by atoms with Crippen molar-refractivity contribution in [1.29, 1.82) is 5.26 Å². The maximum absolute atomic E-state index is 9.31. The number of rotatable bonds is 6. The Morgan fingerprint density at radius 1 is 1.24 bits per heavy atom. The molecule has 0 aromatic rings. The van der Waals surface area contributed by atoms with E-state index in [4.69, 9.17) is 0 Å². The number of hydrogen-bond acceptors (Lipinski definition) is 2. The van der Waals surface area contributed by atoms with E-state index in [-0.39, 0.29) is 5.92 Å². The fourth-order valence-corrected chi connectivity index (χ4v) is 3.08. The molecule has 0 aromatic heterocycles. The van der Waals surface area contributed by atoms with E-state index in [0.717, 1.165) is 18.9 Å². The van der Waals surface area contributed by atoms with Gasteiger partial charge in [0.25, 0.3) is 0 Å². The summed E-state index contributed by atoms with van der Waals surface area (Å²) in [5.74, 6) is 1.12. The topological polar surface area (TPSA) is 27.0 Å². The van der Waals surface area contributed by atoms with Crippen LogP contribution in [0, 0.1) is 23.2 Å². The molecule has 0 bridgehead atoms. The van der Waals surface area contributed by atoms with E-state index in [1.54, 1.807) is 0 Å². The molecule has 98 valence electrons. The van der Waals surface area contributed by atoms with Crippen LogP contribution in [0.3, 0.4) is 0 Å². The van der Waals surface area contributed by atoms with E-state index in [2.05, 4.69) is 31.7 Å². The van der Waals surface area contributed by atoms with Gasteiger partial charge in [0.2, 0.25) is 0 Å². The second kappa shape index (κ2) is 7.71. The highest BCUT2D eigenvalue weighted by atomic mass is 15.2. The van der Waals surface area contributed by atoms with Crippen LogP contribution in [0.1, 0.15) is 59.3 Å². The third-order valence-electron chi connectivity index (χ3n) is 4.34. The van der Waals surface area contributed by atoms with E-state index in [0.29, 0.717) is 6.04 Å². The van der Waals surface area contributed by atoms with Crippen LogP contribution in [-0.2, 0) is 0 Å². The van der Waals surface area contributed by atoms with Gasteiger partial charge in [-0.1, -0.05) is 33.6 Å². The van der Waals surface area contributed by atoms with Gasteiger partial charge in [0.1, 0.15) is 0 Å². The Kier molecular flexibility index (Phi) is 6.58. The lowest BCUT2D eigenvalue weighted by Gasteiger charge is -2.39. The minimum atomic E-state index is 0.273. The summed E-state index contributed by atoms with van der Waals surface area (Å²) in [6.45, 7) is 9.04. The Bertz CT molecular complexity index is 244. The molecule has 1 aliphatic carbocycles. The first-order chi connectivity index (χ1) is 8.26. The second-order valence-electron chi connectivity index (χ2n) is 5.37. The summed E-state index contributed by atoms with van der Waals surface area (Å²) < 4.78 is 0. The lowest BCUT2D eigenvalue weighted by molar-refractivity contribution is 0.103. The molecule has 1 saturated carbocycles. The van der Waals surface area contributed by atoms with Gasteiger partial charge in [-0.2, -0.15) is 5.26 Å². The van der Waals surface area contributed by atoms with E-state index in [9.17, 15) is 5.26 Å². The minimum Gasteiger partial charge on any atom is -0.299 e. The fraction of sp³-hybridized carbons (Fsp3) is 0.933. The van der Waals surface area contributed by atoms with Crippen molar-refractivity contribution >= 4 is 0 Å². The molecule has 0 amide bonds. The summed E-state index contributed by atoms with van der Waals surface area (Å²) in [6, 6.07) is 3.07. The number of unbranched alkanes of at least 4 members (excludes halogenated alkanes) is 1. The standard InChI is InChI=1S/C15H28N2/c1-4-7-10-17(6-3)15-11-13(5-2)8-9-14(15)12-16/h13-15H,4-11H2,1-3H3. The first-order valence-corrected chi connectivity index (χ1v) is 7.40. The second-order valence-corrected chi connectivity index (χ2v) is 5.37. The molecule has 0 saturated heterocycles. The first kappa shape index (κ1) is 14.5. The summed E-state index contributed by atoms with van der Waals surface area (Å²) in [5, 5.41) is 9.31. The molecule has 2 heteroatoms. The molecule has 1 aliphatic rings. The van der Waals surface area contributed by atoms with E-state index in [1.807, 2.05) is 0 Å². The number of hydrogen-bond donors (Lipinski definition) is 0. The van der Waals surface area contributed by atoms with Crippen molar-refractivity contribution in [2.75, 3.05) is 13.1 Å². The van der Waals surface area contributed by atoms with Crippen molar-refractivity contribution in [3.63, 3.8) is 0 Å². The highest BCUT2D eigenvalue weighted by molar-refractivity contribution is 4.97. The molecular weight excluding hydrogens is 208 g/mol. The molecule has 3 unspecified atom stereocenters. The van der Waals surface area contributed by atoms with E-state index >= 15 is 0 Å². The van der Waals surface area contributed by atoms with Gasteiger partial charge in [-0.25, -0.2) is 0 Å². The van der Waals surface area contributed by atoms with Crippen LogP contribution in [0.2, 0.25) is 0 Å². The SMILES string of the molecule is CCCCN(CC)C1CC(CC)CCC1C#N. The van der Waals surface area contributed by atoms with Crippen LogP contribution >= 0.6 is 0 Å². The van der Waals surface area contributed by atoms with Crippen molar-refractivity contribution in [3.8, 4) is 6.07 Å². The normalized spacial score (nSPS) is 29.2. The molecule has 0 aromatic carbocycles. The van der Waals surface area contributed by atoms with Gasteiger partial charge in [0.05, 0.1) is 12.0 Å². The summed E-state index contributed by atoms with van der Waals surface area (Å²) in [5.41, 5.74) is 0. The quantitative estimate of drug-likeness (QED) is 0.701. The monoisotopic (exact) mass is 236 g/mol. The van der Waals surface area contributed by atoms with E-state index < -0.39 is 0 Å². The molecule has 1 rings (SSSR count). The third-order valence-corrected chi connectivity index (χ3v) is 4.34. The molecular formula is C15H28N2. The summed E-state index contributed by atoms with van der Waals surface area (Å²) in [6.07, 6.45) is 7.40. The molecule has 0 N–H and O–H groups in total. The Hall–Kier alpha value is -0.550. The predicted octanol–water partition coefficient (Wildman–Crippen LogP) is 3.83. The van der Waals surface area contributed by atoms with Crippen molar-refractivity contribution in [3.05, 3.63) is 0 Å². The maximum Gasteiger partial charge on any atom is 0.0672 e. The number of nitrogens with zero attached hydrogens (tertiary/aromatic N) is 2. The highest BCUT2D eigenvalue weighted by Gasteiger charge is 2.32. The maximum atomic E-state index is 9.31. The van der Waals surface area contributed by atoms with Crippen LogP contribution in [-0.4, -0.2) is 24.0 Å². The Morgan fingerprint density at radius 3 is 2.53 bits per heavy atom. The Balaban J connectivity index is 2.63. The average molecular weight is 236 g/mol. The van der Waals surface area contributed by atoms with Crippen LogP contribution in [0.15, 0.2) is 0 Å². The van der Waals surface area contributed by atoms with Crippen LogP contribution < -0.4 is 0 Å². The molecule has 0 radical (unpaired) electrons. The van der Waals surface area contributed by atoms with Gasteiger partial charge in [0, 0.05) is 6.04 Å². The van der Waals surface area contributed by atoms with E-state index in [1.165, 1.54) is 38.6 Å². The zero-order valence-corrected chi connectivity index (χ0v) is 11.8. The highest BCUT2D eigenvalue weighted by Crippen LogP contribution is 2.33. The van der Waals surface area contributed by atoms with Crippen LogP contribution in [0.5, 0.6) is 0 Å². The zero-order chi connectivity index (χ0) is 12.7. The average Bonchev–Trinajstić information content (AvgIpc) is 2.39. The number of nitriles is 1. The minimum absolute atomic E-state index is 0.273. The molecule has 0 aliphatic heterocycles. The van der Waals surface area contributed by atoms with Gasteiger partial charge >= 0.3 is 0 Å². The zero-order valence-electron chi connectivity index (χ0n) is 11.8. The van der Waals surface area contributed by atoms with Crippen molar-refractivity contribution in [1.82, 2.24) is 4.90 Å². The summed E-state index contributed by atoms with van der Waals surface area (Å²) in [4.78, 5) is 2.55. The molecule has 17 heavy (non-hydrogen) atoms. The molecule has 2 nitrogen and oxygen atoms in total. The van der Waals surface area contributed by atoms with Crippen LogP contribution in [0.4, 0.5) is 0 Å². The molecule has 0 spiro atoms. The van der Waals surface area contributed by atoms with Gasteiger partial charge in [-0.05, 0) is 44.7 Å². The molecule has 3 atom stereocenters. The lowest BCUT2D eigenvalue weighted by Crippen LogP contribution is -2.44. The Morgan fingerprint density at radius 2 is 2.00 bits per heavy atom. The van der Waals surface area contributed by atoms with Crippen molar-refractivity contribution in [2.24, 2.45) is 11.8 Å². The van der Waals surface area contributed by atoms with Gasteiger partial charge in [0.15, 0.2) is 0 Å². The smallest absolute Gasteiger partial charge is 0.0672 e. The van der Waals surface area contributed by atoms with Crippen molar-refractivity contribution < 1.29 is 0 Å². The molecule has 1 fully saturated rings. The summed E-state index contributed by atoms with van der Waals surface area (Å²) >= 11 is 0. The van der Waals surface area contributed by atoms with Gasteiger partial charge in [-0.15, -0.1) is 0 Å². The lowest BCUT2D eigenvalue weighted by atomic mass is 9.77. The van der Waals surface area contributed by atoms with Gasteiger partial charge < -0.3 is 0 Å². The van der Waals surface area contributed by atoms with Crippen molar-refractivity contribution in [2.45, 2.75) is 65.3 Å². The summed E-state index contributed by atoms with van der Waals surface area (Å²) in [7, 11) is 0. The predicted molar refractivity (Wildman–Crippen MR) is 72.7 cm³/mol.